The molecule has 1 aliphatic carbocycles. The Morgan fingerprint density at radius 2 is 2.16 bits per heavy atom. The van der Waals surface area contributed by atoms with Crippen molar-refractivity contribution in [2.75, 3.05) is 24.6 Å². The normalized spacial score (nSPS) is 25.5. The Kier molecular flexibility index (Phi) is 6.98. The quantitative estimate of drug-likeness (QED) is 0.741. The maximum Gasteiger partial charge on any atom is 0.223 e. The van der Waals surface area contributed by atoms with E-state index in [4.69, 9.17) is 0 Å². The molecule has 0 aromatic rings. The van der Waals surface area contributed by atoms with Crippen molar-refractivity contribution in [2.24, 2.45) is 11.3 Å². The number of rotatable bonds is 6. The minimum absolute atomic E-state index is 0. The van der Waals surface area contributed by atoms with Crippen LogP contribution in [-0.4, -0.2) is 36.5 Å². The molecule has 112 valence electrons. The molecular formula is C14H27ClN2OS. The zero-order chi connectivity index (χ0) is 13.0. The lowest BCUT2D eigenvalue weighted by molar-refractivity contribution is -0.123. The molecule has 2 N–H and O–H groups in total. The van der Waals surface area contributed by atoms with Gasteiger partial charge in [-0.3, -0.25) is 4.79 Å². The average molecular weight is 307 g/mol. The van der Waals surface area contributed by atoms with E-state index in [0.717, 1.165) is 31.7 Å². The summed E-state index contributed by atoms with van der Waals surface area (Å²) in [5, 5.41) is 6.58. The second-order valence-corrected chi connectivity index (χ2v) is 7.16. The lowest BCUT2D eigenvalue weighted by Gasteiger charge is -2.23. The Balaban J connectivity index is 0.00000180. The van der Waals surface area contributed by atoms with E-state index in [-0.39, 0.29) is 12.4 Å². The summed E-state index contributed by atoms with van der Waals surface area (Å²) in [5.41, 5.74) is 0.368. The summed E-state index contributed by atoms with van der Waals surface area (Å²) < 4.78 is 0. The fourth-order valence-electron chi connectivity index (χ4n) is 3.02. The van der Waals surface area contributed by atoms with Crippen LogP contribution in [0.2, 0.25) is 0 Å². The molecule has 19 heavy (non-hydrogen) atoms. The first-order chi connectivity index (χ1) is 8.68. The number of halogens is 1. The molecule has 0 aromatic carbocycles. The molecule has 1 amide bonds. The smallest absolute Gasteiger partial charge is 0.223 e. The molecule has 3 nitrogen and oxygen atoms in total. The van der Waals surface area contributed by atoms with E-state index in [1.54, 1.807) is 0 Å². The number of thioether (sulfide) groups is 1. The fourth-order valence-corrected chi connectivity index (χ4v) is 3.82. The zero-order valence-electron chi connectivity index (χ0n) is 12.0. The average Bonchev–Trinajstić information content (AvgIpc) is 3.04. The van der Waals surface area contributed by atoms with E-state index in [0.29, 0.717) is 23.3 Å². The number of nitrogens with one attached hydrogen (secondary N) is 2. The largest absolute Gasteiger partial charge is 0.353 e. The van der Waals surface area contributed by atoms with Crippen LogP contribution >= 0.6 is 24.2 Å². The van der Waals surface area contributed by atoms with Crippen molar-refractivity contribution < 1.29 is 4.79 Å². The highest BCUT2D eigenvalue weighted by Gasteiger charge is 2.57. The van der Waals surface area contributed by atoms with Crippen LogP contribution in [0.5, 0.6) is 0 Å². The van der Waals surface area contributed by atoms with E-state index >= 15 is 0 Å². The Hall–Kier alpha value is 0.0700. The maximum atomic E-state index is 12.2. The highest BCUT2D eigenvalue weighted by Crippen LogP contribution is 2.58. The van der Waals surface area contributed by atoms with Gasteiger partial charge in [0, 0.05) is 12.0 Å². The van der Waals surface area contributed by atoms with Gasteiger partial charge < -0.3 is 10.6 Å². The van der Waals surface area contributed by atoms with Crippen LogP contribution in [0.4, 0.5) is 0 Å². The Labute approximate surface area is 127 Å². The molecule has 1 saturated heterocycles. The lowest BCUT2D eigenvalue weighted by atomic mass is 9.91. The summed E-state index contributed by atoms with van der Waals surface area (Å²) in [6, 6.07) is 0.330. The molecule has 1 saturated carbocycles. The van der Waals surface area contributed by atoms with Crippen LogP contribution in [0.15, 0.2) is 0 Å². The predicted octanol–water partition coefficient (Wildman–Crippen LogP) is 2.45. The van der Waals surface area contributed by atoms with Gasteiger partial charge in [0.05, 0.1) is 0 Å². The van der Waals surface area contributed by atoms with Crippen molar-refractivity contribution in [2.45, 2.75) is 45.6 Å². The van der Waals surface area contributed by atoms with Gasteiger partial charge in [-0.25, -0.2) is 0 Å². The Morgan fingerprint density at radius 1 is 1.47 bits per heavy atom. The van der Waals surface area contributed by atoms with E-state index in [2.05, 4.69) is 24.5 Å². The van der Waals surface area contributed by atoms with E-state index in [1.165, 1.54) is 18.6 Å². The van der Waals surface area contributed by atoms with Gasteiger partial charge in [-0.15, -0.1) is 12.4 Å². The standard InChI is InChI=1S/C14H26N2OS.ClH/c1-3-18-9-4-11(2)16-13(17)12-10-14(12)5-7-15-8-6-14;/h11-12,15H,3-10H2,1-2H3,(H,16,17);1H. The molecule has 2 fully saturated rings. The number of carbonyl (C=O) groups is 1. The molecule has 2 atom stereocenters. The van der Waals surface area contributed by atoms with Crippen LogP contribution in [0.1, 0.15) is 39.5 Å². The van der Waals surface area contributed by atoms with Crippen molar-refractivity contribution in [1.82, 2.24) is 10.6 Å². The molecular weight excluding hydrogens is 280 g/mol. The molecule has 2 unspecified atom stereocenters. The molecule has 2 rings (SSSR count). The summed E-state index contributed by atoms with van der Waals surface area (Å²) in [5.74, 6) is 2.93. The SMILES string of the molecule is CCSCCC(C)NC(=O)C1CC12CCNCC2.Cl. The van der Waals surface area contributed by atoms with Gasteiger partial charge in [0.1, 0.15) is 0 Å². The van der Waals surface area contributed by atoms with Crippen molar-refractivity contribution in [3.05, 3.63) is 0 Å². The summed E-state index contributed by atoms with van der Waals surface area (Å²) in [4.78, 5) is 12.2. The summed E-state index contributed by atoms with van der Waals surface area (Å²) in [7, 11) is 0. The van der Waals surface area contributed by atoms with Gasteiger partial charge >= 0.3 is 0 Å². The van der Waals surface area contributed by atoms with Gasteiger partial charge in [-0.05, 0) is 62.6 Å². The first kappa shape index (κ1) is 17.1. The summed E-state index contributed by atoms with van der Waals surface area (Å²) >= 11 is 1.95. The monoisotopic (exact) mass is 306 g/mol. The van der Waals surface area contributed by atoms with Gasteiger partial charge in [-0.2, -0.15) is 11.8 Å². The zero-order valence-corrected chi connectivity index (χ0v) is 13.7. The number of amides is 1. The highest BCUT2D eigenvalue weighted by molar-refractivity contribution is 7.99. The minimum atomic E-state index is 0. The predicted molar refractivity (Wildman–Crippen MR) is 85.1 cm³/mol. The van der Waals surface area contributed by atoms with Gasteiger partial charge in [0.25, 0.3) is 0 Å². The third-order valence-corrected chi connectivity index (χ3v) is 5.33. The third-order valence-electron chi connectivity index (χ3n) is 4.39. The van der Waals surface area contributed by atoms with Gasteiger partial charge in [0.15, 0.2) is 0 Å². The number of carbonyl (C=O) groups excluding carboxylic acids is 1. The second kappa shape index (κ2) is 7.75. The number of piperidine rings is 1. The van der Waals surface area contributed by atoms with Crippen LogP contribution in [0.3, 0.4) is 0 Å². The fraction of sp³-hybridized carbons (Fsp3) is 0.929. The van der Waals surface area contributed by atoms with Crippen molar-refractivity contribution >= 4 is 30.1 Å². The molecule has 1 spiro atoms. The maximum absolute atomic E-state index is 12.2. The first-order valence-electron chi connectivity index (χ1n) is 7.27. The third kappa shape index (κ3) is 4.54. The molecule has 0 aromatic heterocycles. The van der Waals surface area contributed by atoms with Crippen LogP contribution in [0.25, 0.3) is 0 Å². The van der Waals surface area contributed by atoms with Crippen molar-refractivity contribution in [3.8, 4) is 0 Å². The van der Waals surface area contributed by atoms with Crippen LogP contribution < -0.4 is 10.6 Å². The summed E-state index contributed by atoms with van der Waals surface area (Å²) in [6.45, 7) is 6.49. The lowest BCUT2D eigenvalue weighted by Crippen LogP contribution is -2.37. The van der Waals surface area contributed by atoms with Crippen LogP contribution in [-0.2, 0) is 4.79 Å². The molecule has 5 heteroatoms. The first-order valence-corrected chi connectivity index (χ1v) is 8.42. The minimum Gasteiger partial charge on any atom is -0.353 e. The Morgan fingerprint density at radius 3 is 2.79 bits per heavy atom. The van der Waals surface area contributed by atoms with Crippen molar-refractivity contribution in [1.29, 1.82) is 0 Å². The number of hydrogen-bond donors (Lipinski definition) is 2. The topological polar surface area (TPSA) is 41.1 Å². The van der Waals surface area contributed by atoms with Crippen LogP contribution in [0, 0.1) is 11.3 Å². The molecule has 0 radical (unpaired) electrons. The van der Waals surface area contributed by atoms with Gasteiger partial charge in [-0.1, -0.05) is 6.92 Å². The molecule has 0 bridgehead atoms. The highest BCUT2D eigenvalue weighted by atomic mass is 35.5. The van der Waals surface area contributed by atoms with Crippen molar-refractivity contribution in [3.63, 3.8) is 0 Å². The second-order valence-electron chi connectivity index (χ2n) is 5.76. The Bertz CT molecular complexity index is 295. The van der Waals surface area contributed by atoms with Gasteiger partial charge in [0.2, 0.25) is 5.91 Å². The van der Waals surface area contributed by atoms with E-state index in [1.807, 2.05) is 11.8 Å². The van der Waals surface area contributed by atoms with E-state index in [9.17, 15) is 4.79 Å². The molecule has 2 aliphatic rings. The summed E-state index contributed by atoms with van der Waals surface area (Å²) in [6.07, 6.45) is 4.58. The number of hydrogen-bond acceptors (Lipinski definition) is 3. The molecule has 1 aliphatic heterocycles. The van der Waals surface area contributed by atoms with E-state index < -0.39 is 0 Å². The molecule has 1 heterocycles.